The molecule has 0 aliphatic carbocycles. The number of benzene rings is 1. The number of nitrogens with one attached hydrogen (secondary N) is 1. The third kappa shape index (κ3) is 3.95. The van der Waals surface area contributed by atoms with E-state index in [2.05, 4.69) is 77.3 Å². The van der Waals surface area contributed by atoms with Gasteiger partial charge in [0.15, 0.2) is 0 Å². The van der Waals surface area contributed by atoms with Crippen molar-refractivity contribution in [3.8, 4) is 5.75 Å². The Balaban J connectivity index is 2.56. The van der Waals surface area contributed by atoms with Gasteiger partial charge < -0.3 is 10.1 Å². The molecule has 0 bridgehead atoms. The number of aromatic amines is 1. The zero-order valence-corrected chi connectivity index (χ0v) is 16.2. The molecule has 0 saturated carbocycles. The van der Waals surface area contributed by atoms with E-state index in [1.807, 2.05) is 0 Å². The van der Waals surface area contributed by atoms with Crippen LogP contribution in [0.25, 0.3) is 0 Å². The number of rotatable bonds is 3. The van der Waals surface area contributed by atoms with Crippen molar-refractivity contribution in [1.29, 1.82) is 0 Å². The van der Waals surface area contributed by atoms with E-state index in [0.29, 0.717) is 5.75 Å². The minimum atomic E-state index is -0.0828. The van der Waals surface area contributed by atoms with Crippen LogP contribution in [0.3, 0.4) is 0 Å². The van der Waals surface area contributed by atoms with Crippen molar-refractivity contribution in [1.82, 2.24) is 4.98 Å². The highest BCUT2D eigenvalue weighted by molar-refractivity contribution is 7.98. The van der Waals surface area contributed by atoms with E-state index in [1.54, 1.807) is 11.8 Å². The van der Waals surface area contributed by atoms with Gasteiger partial charge in [-0.1, -0.05) is 53.7 Å². The molecule has 126 valence electrons. The third-order valence-electron chi connectivity index (χ3n) is 4.19. The fourth-order valence-corrected chi connectivity index (χ4v) is 3.45. The molecule has 2 aromatic rings. The maximum Gasteiger partial charge on any atom is 0.123 e. The molecule has 2 N–H and O–H groups in total. The Labute approximate surface area is 144 Å². The zero-order chi connectivity index (χ0) is 17.4. The molecular weight excluding hydrogens is 302 g/mol. The van der Waals surface area contributed by atoms with Gasteiger partial charge in [0.1, 0.15) is 5.75 Å². The standard InChI is InChI=1S/C20H29NOS/c1-19(2,3)15-9-13(8-14-11-21-12-17(14)23-7)10-16(18(15)22)20(4,5)6/h9-12,21-22H,8H2,1-7H3. The SMILES string of the molecule is CSc1c[nH]cc1Cc1cc(C(C)(C)C)c(O)c(C(C)(C)C)c1. The molecule has 1 aromatic heterocycles. The Morgan fingerprint density at radius 1 is 0.957 bits per heavy atom. The average Bonchev–Trinajstić information content (AvgIpc) is 2.85. The molecule has 0 radical (unpaired) electrons. The lowest BCUT2D eigenvalue weighted by molar-refractivity contribution is 0.423. The van der Waals surface area contributed by atoms with Gasteiger partial charge >= 0.3 is 0 Å². The van der Waals surface area contributed by atoms with Crippen LogP contribution in [0, 0.1) is 0 Å². The molecule has 0 amide bonds. The Bertz CT molecular complexity index is 651. The van der Waals surface area contributed by atoms with Crippen molar-refractivity contribution in [2.45, 2.75) is 63.7 Å². The topological polar surface area (TPSA) is 36.0 Å². The lowest BCUT2D eigenvalue weighted by Gasteiger charge is -2.28. The van der Waals surface area contributed by atoms with Gasteiger partial charge in [0.05, 0.1) is 0 Å². The summed E-state index contributed by atoms with van der Waals surface area (Å²) in [5.74, 6) is 0.452. The van der Waals surface area contributed by atoms with Crippen LogP contribution in [-0.4, -0.2) is 16.3 Å². The third-order valence-corrected chi connectivity index (χ3v) is 5.01. The summed E-state index contributed by atoms with van der Waals surface area (Å²) in [5.41, 5.74) is 4.46. The molecule has 0 atom stereocenters. The second kappa shape index (κ2) is 6.27. The van der Waals surface area contributed by atoms with E-state index in [1.165, 1.54) is 16.0 Å². The molecular formula is C20H29NOS. The number of phenolic OH excluding ortho intramolecular Hbond substituents is 1. The minimum absolute atomic E-state index is 0.0828. The molecule has 0 aliphatic rings. The quantitative estimate of drug-likeness (QED) is 0.715. The summed E-state index contributed by atoms with van der Waals surface area (Å²) >= 11 is 1.76. The smallest absolute Gasteiger partial charge is 0.123 e. The minimum Gasteiger partial charge on any atom is -0.507 e. The normalized spacial score (nSPS) is 12.7. The molecule has 0 aliphatic heterocycles. The fraction of sp³-hybridized carbons (Fsp3) is 0.500. The number of hydrogen-bond acceptors (Lipinski definition) is 2. The van der Waals surface area contributed by atoms with Gasteiger partial charge in [-0.15, -0.1) is 11.8 Å². The molecule has 1 aromatic carbocycles. The second-order valence-electron chi connectivity index (χ2n) is 8.27. The molecule has 3 heteroatoms. The highest BCUT2D eigenvalue weighted by Gasteiger charge is 2.26. The summed E-state index contributed by atoms with van der Waals surface area (Å²) in [7, 11) is 0. The number of thioether (sulfide) groups is 1. The zero-order valence-electron chi connectivity index (χ0n) is 15.4. The lowest BCUT2D eigenvalue weighted by Crippen LogP contribution is -2.18. The summed E-state index contributed by atoms with van der Waals surface area (Å²) in [4.78, 5) is 4.49. The highest BCUT2D eigenvalue weighted by atomic mass is 32.2. The van der Waals surface area contributed by atoms with Gasteiger partial charge in [0.25, 0.3) is 0 Å². The average molecular weight is 332 g/mol. The predicted molar refractivity (Wildman–Crippen MR) is 101 cm³/mol. The summed E-state index contributed by atoms with van der Waals surface area (Å²) in [5, 5.41) is 10.8. The molecule has 23 heavy (non-hydrogen) atoms. The molecule has 0 saturated heterocycles. The first kappa shape index (κ1) is 18.0. The molecule has 0 spiro atoms. The Hall–Kier alpha value is -1.35. The highest BCUT2D eigenvalue weighted by Crippen LogP contribution is 2.40. The summed E-state index contributed by atoms with van der Waals surface area (Å²) in [6, 6.07) is 4.34. The number of H-pyrrole nitrogens is 1. The fourth-order valence-electron chi connectivity index (χ4n) is 2.87. The van der Waals surface area contributed by atoms with Crippen LogP contribution in [-0.2, 0) is 17.3 Å². The van der Waals surface area contributed by atoms with E-state index in [4.69, 9.17) is 0 Å². The van der Waals surface area contributed by atoms with Gasteiger partial charge in [-0.3, -0.25) is 0 Å². The van der Waals surface area contributed by atoms with Crippen LogP contribution in [0.1, 0.15) is 63.8 Å². The first-order valence-electron chi connectivity index (χ1n) is 8.10. The first-order valence-corrected chi connectivity index (χ1v) is 9.33. The predicted octanol–water partition coefficient (Wildman–Crippen LogP) is 5.63. The summed E-state index contributed by atoms with van der Waals surface area (Å²) in [6.07, 6.45) is 7.11. The van der Waals surface area contributed by atoms with Gasteiger partial charge in [0.2, 0.25) is 0 Å². The van der Waals surface area contributed by atoms with E-state index >= 15 is 0 Å². The molecule has 0 fully saturated rings. The van der Waals surface area contributed by atoms with Crippen molar-refractivity contribution in [3.05, 3.63) is 46.8 Å². The molecule has 0 unspecified atom stereocenters. The summed E-state index contributed by atoms with van der Waals surface area (Å²) < 4.78 is 0. The van der Waals surface area contributed by atoms with Gasteiger partial charge in [-0.05, 0) is 39.3 Å². The van der Waals surface area contributed by atoms with Crippen LogP contribution in [0.2, 0.25) is 0 Å². The lowest BCUT2D eigenvalue weighted by atomic mass is 9.78. The van der Waals surface area contributed by atoms with Crippen LogP contribution >= 0.6 is 11.8 Å². The van der Waals surface area contributed by atoms with Crippen molar-refractivity contribution >= 4 is 11.8 Å². The van der Waals surface area contributed by atoms with Gasteiger partial charge in [0, 0.05) is 23.7 Å². The van der Waals surface area contributed by atoms with Crippen molar-refractivity contribution in [2.75, 3.05) is 6.26 Å². The maximum absolute atomic E-state index is 10.8. The van der Waals surface area contributed by atoms with Crippen LogP contribution in [0.15, 0.2) is 29.4 Å². The first-order chi connectivity index (χ1) is 10.5. The molecule has 2 rings (SSSR count). The largest absolute Gasteiger partial charge is 0.507 e. The van der Waals surface area contributed by atoms with Gasteiger partial charge in [-0.25, -0.2) is 0 Å². The maximum atomic E-state index is 10.8. The van der Waals surface area contributed by atoms with Gasteiger partial charge in [-0.2, -0.15) is 0 Å². The number of hydrogen-bond donors (Lipinski definition) is 2. The molecule has 2 nitrogen and oxygen atoms in total. The second-order valence-corrected chi connectivity index (χ2v) is 9.11. The number of aromatic hydroxyl groups is 1. The van der Waals surface area contributed by atoms with Crippen LogP contribution in [0.4, 0.5) is 0 Å². The molecule has 1 heterocycles. The van der Waals surface area contributed by atoms with Crippen molar-refractivity contribution < 1.29 is 5.11 Å². The summed E-state index contributed by atoms with van der Waals surface area (Å²) in [6.45, 7) is 12.9. The van der Waals surface area contributed by atoms with Crippen LogP contribution < -0.4 is 0 Å². The number of aromatic nitrogens is 1. The van der Waals surface area contributed by atoms with E-state index in [9.17, 15) is 5.11 Å². The monoisotopic (exact) mass is 331 g/mol. The van der Waals surface area contributed by atoms with E-state index in [0.717, 1.165) is 17.5 Å². The van der Waals surface area contributed by atoms with Crippen molar-refractivity contribution in [2.24, 2.45) is 0 Å². The van der Waals surface area contributed by atoms with E-state index in [-0.39, 0.29) is 10.8 Å². The number of phenols is 1. The Morgan fingerprint density at radius 2 is 1.48 bits per heavy atom. The van der Waals surface area contributed by atoms with Crippen molar-refractivity contribution in [3.63, 3.8) is 0 Å². The Morgan fingerprint density at radius 3 is 1.91 bits per heavy atom. The van der Waals surface area contributed by atoms with Crippen LogP contribution in [0.5, 0.6) is 5.75 Å². The van der Waals surface area contributed by atoms with E-state index < -0.39 is 0 Å². The Kier molecular flexibility index (Phi) is 4.91.